The summed E-state index contributed by atoms with van der Waals surface area (Å²) in [7, 11) is 0. The van der Waals surface area contributed by atoms with E-state index in [0.29, 0.717) is 17.0 Å². The van der Waals surface area contributed by atoms with Gasteiger partial charge in [0, 0.05) is 24.7 Å². The second-order valence-electron chi connectivity index (χ2n) is 4.58. The smallest absolute Gasteiger partial charge is 0.449 e. The molecule has 2 N–H and O–H groups in total. The molecule has 0 amide bonds. The van der Waals surface area contributed by atoms with E-state index in [0.717, 1.165) is 4.57 Å². The highest BCUT2D eigenvalue weighted by Crippen LogP contribution is 2.39. The molecule has 0 fully saturated rings. The number of imidazole rings is 1. The van der Waals surface area contributed by atoms with Crippen LogP contribution in [0.25, 0.3) is 11.0 Å². The Kier molecular flexibility index (Phi) is 2.79. The number of aromatic nitrogens is 2. The number of alkyl halides is 3. The summed E-state index contributed by atoms with van der Waals surface area (Å²) in [5, 5.41) is 0. The number of hydrogen-bond donors (Lipinski definition) is 1. The van der Waals surface area contributed by atoms with Gasteiger partial charge in [-0.15, -0.1) is 0 Å². The van der Waals surface area contributed by atoms with E-state index >= 15 is 0 Å². The van der Waals surface area contributed by atoms with E-state index < -0.39 is 18.0 Å². The van der Waals surface area contributed by atoms with Crippen molar-refractivity contribution >= 4 is 11.0 Å². The van der Waals surface area contributed by atoms with Crippen LogP contribution >= 0.6 is 0 Å². The van der Waals surface area contributed by atoms with Crippen LogP contribution in [0.4, 0.5) is 13.2 Å². The van der Waals surface area contributed by atoms with Crippen molar-refractivity contribution in [2.45, 2.75) is 19.1 Å². The molecule has 1 unspecified atom stereocenters. The first-order valence-corrected chi connectivity index (χ1v) is 6.00. The third kappa shape index (κ3) is 1.87. The molecule has 3 rings (SSSR count). The van der Waals surface area contributed by atoms with Gasteiger partial charge in [-0.2, -0.15) is 13.2 Å². The van der Waals surface area contributed by atoms with Crippen LogP contribution in [0.2, 0.25) is 0 Å². The first-order valence-electron chi connectivity index (χ1n) is 6.00. The topological polar surface area (TPSA) is 62.3 Å². The number of benzene rings is 1. The third-order valence-corrected chi connectivity index (χ3v) is 3.22. The first-order chi connectivity index (χ1) is 9.41. The maximum absolute atomic E-state index is 13.1. The summed E-state index contributed by atoms with van der Waals surface area (Å²) >= 11 is 0. The Morgan fingerprint density at radius 1 is 1.35 bits per heavy atom. The highest BCUT2D eigenvalue weighted by molar-refractivity contribution is 5.81. The highest BCUT2D eigenvalue weighted by atomic mass is 19.4. The molecule has 0 aliphatic carbocycles. The summed E-state index contributed by atoms with van der Waals surface area (Å²) in [6.45, 7) is 1.74. The normalized spacial score (nSPS) is 15.8. The van der Waals surface area contributed by atoms with Gasteiger partial charge in [0.05, 0.1) is 11.0 Å². The Morgan fingerprint density at radius 3 is 2.60 bits per heavy atom. The van der Waals surface area contributed by atoms with Crippen molar-refractivity contribution in [2.75, 3.05) is 13.3 Å². The zero-order valence-corrected chi connectivity index (χ0v) is 10.6. The second kappa shape index (κ2) is 4.27. The Morgan fingerprint density at radius 2 is 2.00 bits per heavy atom. The van der Waals surface area contributed by atoms with Crippen molar-refractivity contribution in [1.29, 1.82) is 0 Å². The van der Waals surface area contributed by atoms with Gasteiger partial charge in [0.25, 0.3) is 0 Å². The lowest BCUT2D eigenvalue weighted by molar-refractivity contribution is -0.147. The van der Waals surface area contributed by atoms with Crippen molar-refractivity contribution in [3.8, 4) is 11.5 Å². The summed E-state index contributed by atoms with van der Waals surface area (Å²) in [5.74, 6) is -0.151. The summed E-state index contributed by atoms with van der Waals surface area (Å²) in [5.41, 5.74) is 6.05. The SMILES string of the molecule is CC(CN)n1c(C(F)(F)F)nc2cc3c(cc21)OCO3. The Hall–Kier alpha value is -1.96. The van der Waals surface area contributed by atoms with Gasteiger partial charge < -0.3 is 19.8 Å². The van der Waals surface area contributed by atoms with E-state index in [1.165, 1.54) is 12.1 Å². The maximum atomic E-state index is 13.1. The van der Waals surface area contributed by atoms with Crippen LogP contribution < -0.4 is 15.2 Å². The number of nitrogens with two attached hydrogens (primary N) is 1. The Labute approximate surface area is 112 Å². The summed E-state index contributed by atoms with van der Waals surface area (Å²) in [6, 6.07) is 2.43. The van der Waals surface area contributed by atoms with Gasteiger partial charge in [-0.1, -0.05) is 0 Å². The number of hydrogen-bond acceptors (Lipinski definition) is 4. The zero-order chi connectivity index (χ0) is 14.5. The lowest BCUT2D eigenvalue weighted by Crippen LogP contribution is -2.22. The molecule has 0 saturated heterocycles. The molecule has 2 heterocycles. The van der Waals surface area contributed by atoms with Crippen LogP contribution in [-0.2, 0) is 6.18 Å². The molecule has 5 nitrogen and oxygen atoms in total. The fourth-order valence-corrected chi connectivity index (χ4v) is 2.24. The van der Waals surface area contributed by atoms with Gasteiger partial charge in [0.2, 0.25) is 12.6 Å². The van der Waals surface area contributed by atoms with Gasteiger partial charge in [0.15, 0.2) is 11.5 Å². The Balaban J connectivity index is 2.29. The maximum Gasteiger partial charge on any atom is 0.449 e. The summed E-state index contributed by atoms with van der Waals surface area (Å²) < 4.78 is 50.7. The third-order valence-electron chi connectivity index (χ3n) is 3.22. The van der Waals surface area contributed by atoms with Crippen LogP contribution in [0.3, 0.4) is 0 Å². The molecule has 1 aliphatic rings. The lowest BCUT2D eigenvalue weighted by Gasteiger charge is -2.17. The standard InChI is InChI=1S/C12H12F3N3O2/c1-6(4-16)18-8-3-10-9(19-5-20-10)2-7(8)17-11(18)12(13,14)15/h2-3,6H,4-5,16H2,1H3. The largest absolute Gasteiger partial charge is 0.454 e. The average molecular weight is 287 g/mol. The quantitative estimate of drug-likeness (QED) is 0.920. The number of ether oxygens (including phenoxy) is 2. The summed E-state index contributed by atoms with van der Waals surface area (Å²) in [6.07, 6.45) is -4.55. The van der Waals surface area contributed by atoms with Gasteiger partial charge in [-0.05, 0) is 6.92 Å². The van der Waals surface area contributed by atoms with Crippen LogP contribution in [0.5, 0.6) is 11.5 Å². The number of nitrogens with zero attached hydrogens (tertiary/aromatic N) is 2. The van der Waals surface area contributed by atoms with E-state index in [9.17, 15) is 13.2 Å². The lowest BCUT2D eigenvalue weighted by atomic mass is 10.2. The molecule has 1 aromatic heterocycles. The monoisotopic (exact) mass is 287 g/mol. The molecule has 0 saturated carbocycles. The van der Waals surface area contributed by atoms with Crippen LogP contribution in [0, 0.1) is 0 Å². The van der Waals surface area contributed by atoms with Crippen molar-refractivity contribution < 1.29 is 22.6 Å². The number of fused-ring (bicyclic) bond motifs is 2. The van der Waals surface area contributed by atoms with Crippen molar-refractivity contribution in [2.24, 2.45) is 5.73 Å². The van der Waals surface area contributed by atoms with E-state index in [2.05, 4.69) is 4.98 Å². The minimum absolute atomic E-state index is 0.0561. The van der Waals surface area contributed by atoms with Crippen LogP contribution in [-0.4, -0.2) is 22.9 Å². The molecule has 1 atom stereocenters. The fraction of sp³-hybridized carbons (Fsp3) is 0.417. The molecule has 20 heavy (non-hydrogen) atoms. The van der Waals surface area contributed by atoms with Gasteiger partial charge in [-0.25, -0.2) is 4.98 Å². The molecular weight excluding hydrogens is 275 g/mol. The van der Waals surface area contributed by atoms with Gasteiger partial charge in [0.1, 0.15) is 0 Å². The van der Waals surface area contributed by atoms with Gasteiger partial charge in [-0.3, -0.25) is 0 Å². The van der Waals surface area contributed by atoms with Crippen LogP contribution in [0.1, 0.15) is 18.8 Å². The highest BCUT2D eigenvalue weighted by Gasteiger charge is 2.39. The van der Waals surface area contributed by atoms with E-state index in [1.54, 1.807) is 6.92 Å². The predicted octanol–water partition coefficient (Wildman–Crippen LogP) is 2.30. The number of rotatable bonds is 2. The van der Waals surface area contributed by atoms with E-state index in [1.807, 2.05) is 0 Å². The fourth-order valence-electron chi connectivity index (χ4n) is 2.24. The molecular formula is C12H12F3N3O2. The minimum atomic E-state index is -4.55. The molecule has 2 aromatic rings. The molecule has 0 radical (unpaired) electrons. The van der Waals surface area contributed by atoms with Gasteiger partial charge >= 0.3 is 6.18 Å². The molecule has 8 heteroatoms. The second-order valence-corrected chi connectivity index (χ2v) is 4.58. The average Bonchev–Trinajstić information content (AvgIpc) is 2.97. The molecule has 108 valence electrons. The first kappa shape index (κ1) is 13.0. The number of halogens is 3. The van der Waals surface area contributed by atoms with E-state index in [-0.39, 0.29) is 18.9 Å². The Bertz CT molecular complexity index is 666. The predicted molar refractivity (Wildman–Crippen MR) is 64.6 cm³/mol. The molecule has 1 aromatic carbocycles. The molecule has 0 spiro atoms. The molecule has 0 bridgehead atoms. The zero-order valence-electron chi connectivity index (χ0n) is 10.6. The summed E-state index contributed by atoms with van der Waals surface area (Å²) in [4.78, 5) is 3.68. The van der Waals surface area contributed by atoms with E-state index in [4.69, 9.17) is 15.2 Å². The van der Waals surface area contributed by atoms with Crippen molar-refractivity contribution in [3.05, 3.63) is 18.0 Å². The van der Waals surface area contributed by atoms with Crippen molar-refractivity contribution in [1.82, 2.24) is 9.55 Å². The molecule has 1 aliphatic heterocycles. The van der Waals surface area contributed by atoms with Crippen LogP contribution in [0.15, 0.2) is 12.1 Å². The minimum Gasteiger partial charge on any atom is -0.454 e. The van der Waals surface area contributed by atoms with Crippen molar-refractivity contribution in [3.63, 3.8) is 0 Å².